The fourth-order valence-electron chi connectivity index (χ4n) is 0.882. The number of ether oxygens (including phenoxy) is 1. The third kappa shape index (κ3) is 11.8. The van der Waals surface area contributed by atoms with Gasteiger partial charge in [0.05, 0.1) is 12.7 Å². The molecule has 0 aromatic rings. The van der Waals surface area contributed by atoms with E-state index >= 15 is 0 Å². The maximum absolute atomic E-state index is 8.74. The van der Waals surface area contributed by atoms with Gasteiger partial charge in [-0.15, -0.1) is 0 Å². The van der Waals surface area contributed by atoms with Gasteiger partial charge in [0.1, 0.15) is 0 Å². The van der Waals surface area contributed by atoms with Crippen molar-refractivity contribution in [3.8, 4) is 0 Å². The Kier molecular flexibility index (Phi) is 6.17. The summed E-state index contributed by atoms with van der Waals surface area (Å²) in [5.74, 6) is 0. The monoisotopic (exact) mass is 213 g/mol. The first-order valence-electron chi connectivity index (χ1n) is 3.95. The normalized spacial score (nSPS) is 23.2. The fraction of sp³-hybridized carbons (Fsp3) is 1.00. The summed E-state index contributed by atoms with van der Waals surface area (Å²) < 4.78 is 36.9. The second kappa shape index (κ2) is 6.28. The molecule has 0 aromatic heterocycles. The molecular weight excluding hydrogens is 198 g/mol. The predicted molar refractivity (Wildman–Crippen MR) is 47.1 cm³/mol. The molecule has 0 spiro atoms. The molecule has 0 aromatic carbocycles. The van der Waals surface area contributed by atoms with Crippen molar-refractivity contribution in [2.75, 3.05) is 19.7 Å². The SMILES string of the molecule is CCC1CNCCO1.O=S(=O)(O)O. The standard InChI is InChI=1S/C6H13NO.H2O4S/c1-2-6-5-7-3-4-8-6;1-5(2,3)4/h6-7H,2-5H2,1H3;(H2,1,2,3,4). The van der Waals surface area contributed by atoms with Crippen LogP contribution in [0, 0.1) is 0 Å². The van der Waals surface area contributed by atoms with Crippen LogP contribution in [-0.4, -0.2) is 43.3 Å². The molecule has 0 saturated carbocycles. The van der Waals surface area contributed by atoms with Gasteiger partial charge in [0.15, 0.2) is 0 Å². The van der Waals surface area contributed by atoms with Crippen molar-refractivity contribution < 1.29 is 22.3 Å². The van der Waals surface area contributed by atoms with Gasteiger partial charge >= 0.3 is 10.4 Å². The molecule has 1 saturated heterocycles. The summed E-state index contributed by atoms with van der Waals surface area (Å²) in [5, 5.41) is 3.26. The van der Waals surface area contributed by atoms with Crippen LogP contribution in [0.2, 0.25) is 0 Å². The van der Waals surface area contributed by atoms with Crippen LogP contribution in [0.3, 0.4) is 0 Å². The molecule has 1 fully saturated rings. The largest absolute Gasteiger partial charge is 0.394 e. The van der Waals surface area contributed by atoms with E-state index in [1.165, 1.54) is 0 Å². The Morgan fingerprint density at radius 2 is 2.08 bits per heavy atom. The molecular formula is C6H15NO5S. The van der Waals surface area contributed by atoms with Gasteiger partial charge in [-0.2, -0.15) is 8.42 Å². The molecule has 1 aliphatic heterocycles. The topological polar surface area (TPSA) is 95.9 Å². The molecule has 1 unspecified atom stereocenters. The van der Waals surface area contributed by atoms with E-state index in [9.17, 15) is 0 Å². The average molecular weight is 213 g/mol. The lowest BCUT2D eigenvalue weighted by atomic mass is 10.2. The molecule has 1 rings (SSSR count). The highest BCUT2D eigenvalue weighted by Crippen LogP contribution is 1.98. The fourth-order valence-corrected chi connectivity index (χ4v) is 0.882. The molecule has 0 bridgehead atoms. The highest BCUT2D eigenvalue weighted by atomic mass is 32.3. The van der Waals surface area contributed by atoms with Gasteiger partial charge in [0, 0.05) is 13.1 Å². The van der Waals surface area contributed by atoms with Gasteiger partial charge in [-0.05, 0) is 6.42 Å². The average Bonchev–Trinajstić information content (AvgIpc) is 2.03. The third-order valence-corrected chi connectivity index (χ3v) is 1.46. The van der Waals surface area contributed by atoms with Crippen LogP contribution in [-0.2, 0) is 15.1 Å². The molecule has 0 radical (unpaired) electrons. The van der Waals surface area contributed by atoms with E-state index < -0.39 is 10.4 Å². The molecule has 6 nitrogen and oxygen atoms in total. The molecule has 0 amide bonds. The summed E-state index contributed by atoms with van der Waals surface area (Å²) in [6, 6.07) is 0. The number of hydrogen-bond acceptors (Lipinski definition) is 4. The van der Waals surface area contributed by atoms with Gasteiger partial charge in [-0.25, -0.2) is 0 Å². The Hall–Kier alpha value is -0.210. The summed E-state index contributed by atoms with van der Waals surface area (Å²) in [6.45, 7) is 5.10. The van der Waals surface area contributed by atoms with E-state index in [-0.39, 0.29) is 0 Å². The molecule has 0 aliphatic carbocycles. The Labute approximate surface area is 77.9 Å². The van der Waals surface area contributed by atoms with Crippen molar-refractivity contribution in [1.82, 2.24) is 5.32 Å². The Bertz CT molecular complexity index is 201. The van der Waals surface area contributed by atoms with Crippen molar-refractivity contribution in [3.05, 3.63) is 0 Å². The quantitative estimate of drug-likeness (QED) is 0.519. The van der Waals surface area contributed by atoms with E-state index in [1.807, 2.05) is 0 Å². The molecule has 1 aliphatic rings. The van der Waals surface area contributed by atoms with Gasteiger partial charge in [-0.1, -0.05) is 6.92 Å². The Morgan fingerprint density at radius 1 is 1.54 bits per heavy atom. The minimum Gasteiger partial charge on any atom is -0.376 e. The minimum absolute atomic E-state index is 0.476. The van der Waals surface area contributed by atoms with Gasteiger partial charge < -0.3 is 10.1 Å². The van der Waals surface area contributed by atoms with E-state index in [1.54, 1.807) is 0 Å². The van der Waals surface area contributed by atoms with Crippen LogP contribution in [0.1, 0.15) is 13.3 Å². The van der Waals surface area contributed by atoms with Crippen molar-refractivity contribution in [1.29, 1.82) is 0 Å². The van der Waals surface area contributed by atoms with Crippen LogP contribution < -0.4 is 5.32 Å². The Balaban J connectivity index is 0.000000252. The van der Waals surface area contributed by atoms with E-state index in [0.717, 1.165) is 26.1 Å². The van der Waals surface area contributed by atoms with Crippen molar-refractivity contribution in [2.24, 2.45) is 0 Å². The maximum atomic E-state index is 8.74. The highest BCUT2D eigenvalue weighted by Gasteiger charge is 2.08. The van der Waals surface area contributed by atoms with Gasteiger partial charge in [0.25, 0.3) is 0 Å². The zero-order chi connectivity index (χ0) is 10.3. The highest BCUT2D eigenvalue weighted by molar-refractivity contribution is 7.79. The summed E-state index contributed by atoms with van der Waals surface area (Å²) >= 11 is 0. The molecule has 80 valence electrons. The zero-order valence-electron chi connectivity index (χ0n) is 7.43. The summed E-state index contributed by atoms with van der Waals surface area (Å²) in [5.41, 5.74) is 0. The number of hydrogen-bond donors (Lipinski definition) is 3. The van der Waals surface area contributed by atoms with Crippen molar-refractivity contribution in [3.63, 3.8) is 0 Å². The lowest BCUT2D eigenvalue weighted by Crippen LogP contribution is -2.37. The zero-order valence-corrected chi connectivity index (χ0v) is 8.25. The predicted octanol–water partition coefficient (Wildman–Crippen LogP) is -0.268. The molecule has 3 N–H and O–H groups in total. The molecule has 13 heavy (non-hydrogen) atoms. The number of morpholine rings is 1. The van der Waals surface area contributed by atoms with Crippen LogP contribution in [0.25, 0.3) is 0 Å². The van der Waals surface area contributed by atoms with Gasteiger partial charge in [0.2, 0.25) is 0 Å². The van der Waals surface area contributed by atoms with Gasteiger partial charge in [-0.3, -0.25) is 9.11 Å². The van der Waals surface area contributed by atoms with Crippen LogP contribution in [0.4, 0.5) is 0 Å². The van der Waals surface area contributed by atoms with E-state index in [4.69, 9.17) is 22.3 Å². The summed E-state index contributed by atoms with van der Waals surface area (Å²) in [6.07, 6.45) is 1.61. The van der Waals surface area contributed by atoms with E-state index in [2.05, 4.69) is 12.2 Å². The summed E-state index contributed by atoms with van der Waals surface area (Å²) in [4.78, 5) is 0. The van der Waals surface area contributed by atoms with Crippen molar-refractivity contribution in [2.45, 2.75) is 19.4 Å². The van der Waals surface area contributed by atoms with Crippen LogP contribution >= 0.6 is 0 Å². The third-order valence-electron chi connectivity index (χ3n) is 1.46. The lowest BCUT2D eigenvalue weighted by molar-refractivity contribution is 0.0267. The maximum Gasteiger partial charge on any atom is 0.394 e. The first kappa shape index (κ1) is 12.8. The first-order valence-corrected chi connectivity index (χ1v) is 5.35. The smallest absolute Gasteiger partial charge is 0.376 e. The second-order valence-electron chi connectivity index (χ2n) is 2.55. The molecule has 7 heteroatoms. The van der Waals surface area contributed by atoms with E-state index in [0.29, 0.717) is 6.10 Å². The minimum atomic E-state index is -4.67. The Morgan fingerprint density at radius 3 is 2.31 bits per heavy atom. The summed E-state index contributed by atoms with van der Waals surface area (Å²) in [7, 11) is -4.67. The number of rotatable bonds is 1. The van der Waals surface area contributed by atoms with Crippen LogP contribution in [0.15, 0.2) is 0 Å². The van der Waals surface area contributed by atoms with Crippen molar-refractivity contribution >= 4 is 10.4 Å². The number of nitrogens with one attached hydrogen (secondary N) is 1. The molecule has 1 heterocycles. The lowest BCUT2D eigenvalue weighted by Gasteiger charge is -2.21. The molecule has 1 atom stereocenters. The first-order chi connectivity index (χ1) is 5.93. The second-order valence-corrected chi connectivity index (χ2v) is 3.45. The van der Waals surface area contributed by atoms with Crippen LogP contribution in [0.5, 0.6) is 0 Å².